The number of rotatable bonds is 6. The summed E-state index contributed by atoms with van der Waals surface area (Å²) in [7, 11) is 1.60. The maximum Gasteiger partial charge on any atom is 0.302 e. The van der Waals surface area contributed by atoms with Gasteiger partial charge in [0.25, 0.3) is 0 Å². The third-order valence-corrected chi connectivity index (χ3v) is 6.11. The number of hydrogen-bond donors (Lipinski definition) is 1. The van der Waals surface area contributed by atoms with Gasteiger partial charge in [-0.05, 0) is 43.0 Å². The van der Waals surface area contributed by atoms with Crippen LogP contribution >= 0.6 is 11.9 Å². The van der Waals surface area contributed by atoms with Gasteiger partial charge in [0.05, 0.1) is 7.11 Å². The van der Waals surface area contributed by atoms with Gasteiger partial charge < -0.3 is 19.3 Å². The quantitative estimate of drug-likeness (QED) is 0.701. The summed E-state index contributed by atoms with van der Waals surface area (Å²) in [6.45, 7) is 9.37. The molecule has 3 rings (SSSR count). The fraction of sp³-hybridized carbons (Fsp3) is 0.455. The summed E-state index contributed by atoms with van der Waals surface area (Å²) in [5, 5.41) is 0.0223. The molecule has 1 aliphatic heterocycles. The van der Waals surface area contributed by atoms with Crippen molar-refractivity contribution in [2.45, 2.75) is 33.6 Å². The second-order valence-electron chi connectivity index (χ2n) is 7.07. The van der Waals surface area contributed by atoms with Gasteiger partial charge in [-0.1, -0.05) is 32.0 Å². The fourth-order valence-electron chi connectivity index (χ4n) is 3.62. The third-order valence-electron chi connectivity index (χ3n) is 5.36. The molecule has 1 N–H and O–H groups in total. The lowest BCUT2D eigenvalue weighted by Crippen LogP contribution is -2.48. The molecule has 0 atom stereocenters. The number of carbonyl (C=O) groups is 1. The van der Waals surface area contributed by atoms with E-state index in [1.54, 1.807) is 7.11 Å². The van der Waals surface area contributed by atoms with Crippen molar-refractivity contribution < 1.29 is 9.53 Å². The zero-order valence-electron chi connectivity index (χ0n) is 17.7. The molecule has 0 radical (unpaired) electrons. The van der Waals surface area contributed by atoms with E-state index in [9.17, 15) is 4.79 Å². The molecule has 6 nitrogen and oxygen atoms in total. The molecule has 1 amide bonds. The first kappa shape index (κ1) is 21.3. The molecular weight excluding hydrogens is 384 g/mol. The maximum absolute atomic E-state index is 12.7. The van der Waals surface area contributed by atoms with Crippen LogP contribution in [-0.4, -0.2) is 48.4 Å². The van der Waals surface area contributed by atoms with Crippen LogP contribution in [0.4, 0.5) is 16.2 Å². The Bertz CT molecular complexity index is 851. The largest absolute Gasteiger partial charge is 0.479 e. The molecule has 0 saturated carbocycles. The number of benzene rings is 1. The van der Waals surface area contributed by atoms with Gasteiger partial charge in [-0.15, -0.1) is 0 Å². The van der Waals surface area contributed by atoms with Crippen molar-refractivity contribution in [2.24, 2.45) is 0 Å². The number of ether oxygens (including phenoxy) is 1. The van der Waals surface area contributed by atoms with E-state index in [0.29, 0.717) is 5.88 Å². The number of aryl methyl sites for hydroxylation is 3. The number of anilines is 2. The Labute approximate surface area is 177 Å². The predicted molar refractivity (Wildman–Crippen MR) is 121 cm³/mol. The zero-order valence-corrected chi connectivity index (χ0v) is 18.5. The van der Waals surface area contributed by atoms with E-state index >= 15 is 0 Å². The first-order valence-corrected chi connectivity index (χ1v) is 11.0. The third kappa shape index (κ3) is 4.96. The number of para-hydroxylation sites is 1. The van der Waals surface area contributed by atoms with Crippen molar-refractivity contribution in [1.29, 1.82) is 0 Å². The summed E-state index contributed by atoms with van der Waals surface area (Å²) >= 11 is 1.09. The van der Waals surface area contributed by atoms with Gasteiger partial charge >= 0.3 is 5.24 Å². The SMILES string of the molecule is CCc1ccccc1N1CCN(C(=O)SNc2cc(CC)c(C)nc2OC)CC1. The van der Waals surface area contributed by atoms with Crippen LogP contribution in [0.1, 0.15) is 30.7 Å². The van der Waals surface area contributed by atoms with Gasteiger partial charge in [-0.3, -0.25) is 4.79 Å². The number of carbonyl (C=O) groups excluding carboxylic acids is 1. The van der Waals surface area contributed by atoms with E-state index in [1.165, 1.54) is 11.3 Å². The Hall–Kier alpha value is -2.41. The molecule has 7 heteroatoms. The number of nitrogens with zero attached hydrogens (tertiary/aromatic N) is 3. The van der Waals surface area contributed by atoms with Gasteiger partial charge in [-0.25, -0.2) is 4.98 Å². The van der Waals surface area contributed by atoms with Gasteiger partial charge in [-0.2, -0.15) is 0 Å². The normalized spacial score (nSPS) is 14.1. The molecule has 1 fully saturated rings. The highest BCUT2D eigenvalue weighted by atomic mass is 32.2. The van der Waals surface area contributed by atoms with Crippen molar-refractivity contribution in [3.05, 3.63) is 47.2 Å². The van der Waals surface area contributed by atoms with Crippen LogP contribution in [0.15, 0.2) is 30.3 Å². The highest BCUT2D eigenvalue weighted by molar-refractivity contribution is 8.14. The molecule has 1 aliphatic rings. The molecule has 1 aromatic heterocycles. The molecule has 1 saturated heterocycles. The summed E-state index contributed by atoms with van der Waals surface area (Å²) in [6, 6.07) is 10.5. The average Bonchev–Trinajstić information content (AvgIpc) is 2.77. The first-order valence-electron chi connectivity index (χ1n) is 10.2. The Morgan fingerprint density at radius 1 is 1.14 bits per heavy atom. The zero-order chi connectivity index (χ0) is 20.8. The van der Waals surface area contributed by atoms with Crippen LogP contribution < -0.4 is 14.4 Å². The minimum absolute atomic E-state index is 0.0223. The molecule has 2 heterocycles. The van der Waals surface area contributed by atoms with Crippen molar-refractivity contribution in [3.8, 4) is 5.88 Å². The van der Waals surface area contributed by atoms with E-state index < -0.39 is 0 Å². The van der Waals surface area contributed by atoms with Gasteiger partial charge in [0, 0.05) is 49.5 Å². The number of aromatic nitrogens is 1. The number of hydrogen-bond acceptors (Lipinski definition) is 6. The first-order chi connectivity index (χ1) is 14.1. The second kappa shape index (κ2) is 9.87. The lowest BCUT2D eigenvalue weighted by atomic mass is 10.1. The molecular formula is C22H30N4O2S. The minimum atomic E-state index is 0.0223. The average molecular weight is 415 g/mol. The standard InChI is InChI=1S/C22H30N4O2S/c1-5-17-9-7-8-10-20(17)25-11-13-26(14-12-25)22(27)29-24-19-15-18(6-2)16(3)23-21(19)28-4/h7-10,15,24H,5-6,11-14H2,1-4H3. The van der Waals surface area contributed by atoms with Crippen molar-refractivity contribution in [1.82, 2.24) is 9.88 Å². The number of methoxy groups -OCH3 is 1. The van der Waals surface area contributed by atoms with Crippen molar-refractivity contribution in [3.63, 3.8) is 0 Å². The van der Waals surface area contributed by atoms with Crippen LogP contribution in [0.25, 0.3) is 0 Å². The van der Waals surface area contributed by atoms with Crippen LogP contribution in [0.3, 0.4) is 0 Å². The predicted octanol–water partition coefficient (Wildman–Crippen LogP) is 4.53. The lowest BCUT2D eigenvalue weighted by molar-refractivity contribution is 0.219. The van der Waals surface area contributed by atoms with Crippen LogP contribution in [0.5, 0.6) is 5.88 Å². The number of amides is 1. The summed E-state index contributed by atoms with van der Waals surface area (Å²) in [5.41, 5.74) is 5.48. The van der Waals surface area contributed by atoms with E-state index in [1.807, 2.05) is 17.9 Å². The monoisotopic (exact) mass is 414 g/mol. The maximum atomic E-state index is 12.7. The van der Waals surface area contributed by atoms with Crippen molar-refractivity contribution >= 4 is 28.6 Å². The van der Waals surface area contributed by atoms with Crippen LogP contribution in [-0.2, 0) is 12.8 Å². The molecule has 0 unspecified atom stereocenters. The van der Waals surface area contributed by atoms with Gasteiger partial charge in [0.1, 0.15) is 5.69 Å². The summed E-state index contributed by atoms with van der Waals surface area (Å²) in [6.07, 6.45) is 1.90. The van der Waals surface area contributed by atoms with E-state index in [-0.39, 0.29) is 5.24 Å². The smallest absolute Gasteiger partial charge is 0.302 e. The highest BCUT2D eigenvalue weighted by Gasteiger charge is 2.23. The molecule has 0 bridgehead atoms. The van der Waals surface area contributed by atoms with Gasteiger partial charge in [0.2, 0.25) is 5.88 Å². The highest BCUT2D eigenvalue weighted by Crippen LogP contribution is 2.29. The van der Waals surface area contributed by atoms with Crippen LogP contribution in [0, 0.1) is 6.92 Å². The Balaban J connectivity index is 1.58. The Kier molecular flexibility index (Phi) is 7.25. The van der Waals surface area contributed by atoms with Crippen LogP contribution in [0.2, 0.25) is 0 Å². The number of pyridine rings is 1. The van der Waals surface area contributed by atoms with E-state index in [4.69, 9.17) is 4.74 Å². The summed E-state index contributed by atoms with van der Waals surface area (Å²) in [5.74, 6) is 0.515. The minimum Gasteiger partial charge on any atom is -0.479 e. The lowest BCUT2D eigenvalue weighted by Gasteiger charge is -2.36. The topological polar surface area (TPSA) is 57.7 Å². The number of piperazine rings is 1. The second-order valence-corrected chi connectivity index (χ2v) is 7.83. The molecule has 0 spiro atoms. The molecule has 156 valence electrons. The Morgan fingerprint density at radius 3 is 2.48 bits per heavy atom. The van der Waals surface area contributed by atoms with Gasteiger partial charge in [0.15, 0.2) is 0 Å². The summed E-state index contributed by atoms with van der Waals surface area (Å²) in [4.78, 5) is 21.5. The van der Waals surface area contributed by atoms with E-state index in [2.05, 4.69) is 52.7 Å². The number of nitrogens with one attached hydrogen (secondary N) is 1. The molecule has 0 aliphatic carbocycles. The molecule has 2 aromatic rings. The van der Waals surface area contributed by atoms with Crippen molar-refractivity contribution in [2.75, 3.05) is 42.9 Å². The molecule has 1 aromatic carbocycles. The Morgan fingerprint density at radius 2 is 1.83 bits per heavy atom. The fourth-order valence-corrected chi connectivity index (χ4v) is 4.28. The summed E-state index contributed by atoms with van der Waals surface area (Å²) < 4.78 is 8.52. The molecule has 29 heavy (non-hydrogen) atoms. The van der Waals surface area contributed by atoms with E-state index in [0.717, 1.165) is 67.9 Å².